The van der Waals surface area contributed by atoms with Crippen molar-refractivity contribution in [1.82, 2.24) is 5.32 Å². The third-order valence-electron chi connectivity index (χ3n) is 5.00. The first-order chi connectivity index (χ1) is 13.0. The normalized spacial score (nSPS) is 22.4. The van der Waals surface area contributed by atoms with E-state index in [1.165, 1.54) is 30.3 Å². The predicted molar refractivity (Wildman–Crippen MR) is 98.8 cm³/mol. The molecule has 0 radical (unpaired) electrons. The van der Waals surface area contributed by atoms with Gasteiger partial charge in [-0.3, -0.25) is 4.79 Å². The first-order valence-corrected chi connectivity index (χ1v) is 9.10. The molecular weight excluding hydrogens is 349 g/mol. The second-order valence-corrected chi connectivity index (χ2v) is 7.06. The summed E-state index contributed by atoms with van der Waals surface area (Å²) in [5, 5.41) is 22.7. The topological polar surface area (TPSA) is 78.8 Å². The SMILES string of the molecule is O=C(NCC1(O)CCC(OCc2ccccc2F)CC1)c1ccc(O)cc1. The van der Waals surface area contributed by atoms with Crippen LogP contribution in [0.25, 0.3) is 0 Å². The van der Waals surface area contributed by atoms with Crippen LogP contribution in [0.15, 0.2) is 48.5 Å². The van der Waals surface area contributed by atoms with Crippen molar-refractivity contribution >= 4 is 5.91 Å². The van der Waals surface area contributed by atoms with E-state index in [1.54, 1.807) is 18.2 Å². The van der Waals surface area contributed by atoms with Gasteiger partial charge in [0.2, 0.25) is 0 Å². The monoisotopic (exact) mass is 373 g/mol. The van der Waals surface area contributed by atoms with Crippen LogP contribution in [-0.2, 0) is 11.3 Å². The lowest BCUT2D eigenvalue weighted by atomic mass is 9.83. The number of amides is 1. The number of carbonyl (C=O) groups is 1. The zero-order chi connectivity index (χ0) is 19.3. The molecule has 27 heavy (non-hydrogen) atoms. The van der Waals surface area contributed by atoms with Crippen molar-refractivity contribution in [3.8, 4) is 5.75 Å². The van der Waals surface area contributed by atoms with Crippen molar-refractivity contribution in [1.29, 1.82) is 0 Å². The summed E-state index contributed by atoms with van der Waals surface area (Å²) in [5.74, 6) is -0.470. The van der Waals surface area contributed by atoms with Gasteiger partial charge in [-0.05, 0) is 56.0 Å². The van der Waals surface area contributed by atoms with E-state index in [1.807, 2.05) is 0 Å². The number of ether oxygens (including phenoxy) is 1. The van der Waals surface area contributed by atoms with E-state index >= 15 is 0 Å². The standard InChI is InChI=1S/C21H24FNO4/c22-19-4-2-1-3-16(19)13-27-18-9-11-21(26,12-10-18)14-23-20(25)15-5-7-17(24)8-6-15/h1-8,18,24,26H,9-14H2,(H,23,25). The fourth-order valence-electron chi connectivity index (χ4n) is 3.25. The highest BCUT2D eigenvalue weighted by Gasteiger charge is 2.34. The van der Waals surface area contributed by atoms with E-state index < -0.39 is 5.60 Å². The molecule has 0 bridgehead atoms. The molecule has 0 atom stereocenters. The molecule has 1 aliphatic rings. The van der Waals surface area contributed by atoms with Gasteiger partial charge in [0.15, 0.2) is 0 Å². The van der Waals surface area contributed by atoms with Crippen molar-refractivity contribution in [2.24, 2.45) is 0 Å². The number of aliphatic hydroxyl groups is 1. The summed E-state index contributed by atoms with van der Waals surface area (Å²) in [6.07, 6.45) is 2.29. The number of nitrogens with one attached hydrogen (secondary N) is 1. The van der Waals surface area contributed by atoms with E-state index in [9.17, 15) is 19.4 Å². The third-order valence-corrected chi connectivity index (χ3v) is 5.00. The minimum absolute atomic E-state index is 0.0299. The molecule has 2 aromatic carbocycles. The largest absolute Gasteiger partial charge is 0.508 e. The Kier molecular flexibility index (Phi) is 6.08. The third kappa shape index (κ3) is 5.28. The maximum Gasteiger partial charge on any atom is 0.251 e. The van der Waals surface area contributed by atoms with E-state index in [2.05, 4.69) is 5.32 Å². The van der Waals surface area contributed by atoms with Gasteiger partial charge in [-0.15, -0.1) is 0 Å². The van der Waals surface area contributed by atoms with Gasteiger partial charge >= 0.3 is 0 Å². The number of aromatic hydroxyl groups is 1. The van der Waals surface area contributed by atoms with E-state index in [0.717, 1.165) is 0 Å². The zero-order valence-electron chi connectivity index (χ0n) is 15.0. The molecule has 1 fully saturated rings. The molecule has 5 nitrogen and oxygen atoms in total. The van der Waals surface area contributed by atoms with Crippen molar-refractivity contribution < 1.29 is 24.1 Å². The van der Waals surface area contributed by atoms with Crippen LogP contribution in [0.1, 0.15) is 41.6 Å². The first kappa shape index (κ1) is 19.3. The average molecular weight is 373 g/mol. The van der Waals surface area contributed by atoms with E-state index in [0.29, 0.717) is 36.8 Å². The van der Waals surface area contributed by atoms with Gasteiger partial charge in [0, 0.05) is 17.7 Å². The van der Waals surface area contributed by atoms with Crippen LogP contribution in [0, 0.1) is 5.82 Å². The van der Waals surface area contributed by atoms with Gasteiger partial charge < -0.3 is 20.3 Å². The van der Waals surface area contributed by atoms with Crippen molar-refractivity contribution in [3.63, 3.8) is 0 Å². The Morgan fingerprint density at radius 2 is 1.81 bits per heavy atom. The van der Waals surface area contributed by atoms with Crippen LogP contribution in [-0.4, -0.2) is 34.4 Å². The lowest BCUT2D eigenvalue weighted by molar-refractivity contribution is -0.0586. The van der Waals surface area contributed by atoms with Crippen molar-refractivity contribution in [2.75, 3.05) is 6.54 Å². The number of phenols is 1. The number of phenolic OH excluding ortho intramolecular Hbond substituents is 1. The van der Waals surface area contributed by atoms with Gasteiger partial charge in [0.1, 0.15) is 11.6 Å². The van der Waals surface area contributed by atoms with Crippen LogP contribution < -0.4 is 5.32 Å². The summed E-state index contributed by atoms with van der Waals surface area (Å²) in [4.78, 5) is 12.1. The van der Waals surface area contributed by atoms with Gasteiger partial charge in [-0.1, -0.05) is 18.2 Å². The Bertz CT molecular complexity index is 770. The quantitative estimate of drug-likeness (QED) is 0.727. The second kappa shape index (κ2) is 8.50. The molecule has 0 unspecified atom stereocenters. The van der Waals surface area contributed by atoms with Gasteiger partial charge in [-0.25, -0.2) is 4.39 Å². The summed E-state index contributed by atoms with van der Waals surface area (Å²) in [5.41, 5.74) is -0.0115. The van der Waals surface area contributed by atoms with Crippen LogP contribution in [0.3, 0.4) is 0 Å². The fourth-order valence-corrected chi connectivity index (χ4v) is 3.25. The summed E-state index contributed by atoms with van der Waals surface area (Å²) < 4.78 is 19.4. The number of hydrogen-bond acceptors (Lipinski definition) is 4. The average Bonchev–Trinajstić information content (AvgIpc) is 2.67. The summed E-state index contributed by atoms with van der Waals surface area (Å²) in [6, 6.07) is 12.5. The van der Waals surface area contributed by atoms with Gasteiger partial charge in [-0.2, -0.15) is 0 Å². The van der Waals surface area contributed by atoms with Crippen molar-refractivity contribution in [2.45, 2.75) is 44.0 Å². The molecule has 6 heteroatoms. The molecule has 0 spiro atoms. The number of rotatable bonds is 6. The van der Waals surface area contributed by atoms with Crippen LogP contribution in [0.4, 0.5) is 4.39 Å². The highest BCUT2D eigenvalue weighted by atomic mass is 19.1. The molecule has 0 heterocycles. The maximum atomic E-state index is 13.6. The molecule has 1 amide bonds. The highest BCUT2D eigenvalue weighted by molar-refractivity contribution is 5.94. The van der Waals surface area contributed by atoms with Gasteiger partial charge in [0.05, 0.1) is 18.3 Å². The first-order valence-electron chi connectivity index (χ1n) is 9.10. The molecule has 144 valence electrons. The molecular formula is C21H24FNO4. The fraction of sp³-hybridized carbons (Fsp3) is 0.381. The summed E-state index contributed by atoms with van der Waals surface area (Å²) >= 11 is 0. The molecule has 0 aromatic heterocycles. The van der Waals surface area contributed by atoms with E-state index in [-0.39, 0.29) is 36.7 Å². The molecule has 3 N–H and O–H groups in total. The summed E-state index contributed by atoms with van der Waals surface area (Å²) in [7, 11) is 0. The Balaban J connectivity index is 1.44. The number of benzene rings is 2. The maximum absolute atomic E-state index is 13.6. The van der Waals surface area contributed by atoms with E-state index in [4.69, 9.17) is 4.74 Å². The lowest BCUT2D eigenvalue weighted by Gasteiger charge is -2.36. The Morgan fingerprint density at radius 3 is 2.48 bits per heavy atom. The smallest absolute Gasteiger partial charge is 0.251 e. The summed E-state index contributed by atoms with van der Waals surface area (Å²) in [6.45, 7) is 0.375. The van der Waals surface area contributed by atoms with Crippen LogP contribution >= 0.6 is 0 Å². The number of halogens is 1. The molecule has 1 aliphatic carbocycles. The number of hydrogen-bond donors (Lipinski definition) is 3. The van der Waals surface area contributed by atoms with Gasteiger partial charge in [0.25, 0.3) is 5.91 Å². The van der Waals surface area contributed by atoms with Crippen LogP contribution in [0.2, 0.25) is 0 Å². The molecule has 0 saturated heterocycles. The number of carbonyl (C=O) groups excluding carboxylic acids is 1. The predicted octanol–water partition coefficient (Wildman–Crippen LogP) is 3.15. The van der Waals surface area contributed by atoms with Crippen molar-refractivity contribution in [3.05, 3.63) is 65.5 Å². The minimum atomic E-state index is -0.968. The molecule has 1 saturated carbocycles. The molecule has 0 aliphatic heterocycles. The minimum Gasteiger partial charge on any atom is -0.508 e. The Hall–Kier alpha value is -2.44. The molecule has 2 aromatic rings. The Labute approximate surface area is 157 Å². The Morgan fingerprint density at radius 1 is 1.15 bits per heavy atom. The second-order valence-electron chi connectivity index (χ2n) is 7.06. The zero-order valence-corrected chi connectivity index (χ0v) is 15.0. The lowest BCUT2D eigenvalue weighted by Crippen LogP contribution is -2.46. The molecule has 3 rings (SSSR count). The van der Waals surface area contributed by atoms with Crippen LogP contribution in [0.5, 0.6) is 5.75 Å². The highest BCUT2D eigenvalue weighted by Crippen LogP contribution is 2.30.